The fraction of sp³-hybridized carbons (Fsp3) is 0.316. The number of carbonyl (C=O) groups is 1. The number of ether oxygens (including phenoxy) is 1. The molecule has 0 saturated carbocycles. The van der Waals surface area contributed by atoms with Crippen molar-refractivity contribution in [3.8, 4) is 0 Å². The third-order valence-corrected chi connectivity index (χ3v) is 5.76. The number of thiazole rings is 1. The predicted octanol–water partition coefficient (Wildman–Crippen LogP) is 3.29. The lowest BCUT2D eigenvalue weighted by Gasteiger charge is -2.31. The Labute approximate surface area is 170 Å². The highest BCUT2D eigenvalue weighted by Crippen LogP contribution is 2.42. The van der Waals surface area contributed by atoms with Crippen molar-refractivity contribution >= 4 is 34.7 Å². The molecule has 0 amide bonds. The van der Waals surface area contributed by atoms with E-state index < -0.39 is 17.8 Å². The number of aliphatic imine (C=N–C) groups is 1. The molecule has 0 radical (unpaired) electrons. The highest BCUT2D eigenvalue weighted by molar-refractivity contribution is 7.11. The fourth-order valence-electron chi connectivity index (χ4n) is 3.54. The number of amidine groups is 1. The Morgan fingerprint density at radius 2 is 2.32 bits per heavy atom. The van der Waals surface area contributed by atoms with Gasteiger partial charge in [0.05, 0.1) is 12.2 Å². The van der Waals surface area contributed by atoms with Crippen LogP contribution in [0.4, 0.5) is 4.39 Å². The van der Waals surface area contributed by atoms with Gasteiger partial charge in [0.2, 0.25) is 0 Å². The molecule has 1 aromatic carbocycles. The van der Waals surface area contributed by atoms with Gasteiger partial charge in [0.1, 0.15) is 11.9 Å². The summed E-state index contributed by atoms with van der Waals surface area (Å²) >= 11 is 7.77. The van der Waals surface area contributed by atoms with Gasteiger partial charge in [-0.15, -0.1) is 11.3 Å². The van der Waals surface area contributed by atoms with Crippen LogP contribution in [-0.2, 0) is 9.53 Å². The van der Waals surface area contributed by atoms with Crippen LogP contribution in [0.1, 0.15) is 30.0 Å². The molecule has 1 fully saturated rings. The van der Waals surface area contributed by atoms with Gasteiger partial charge < -0.3 is 15.4 Å². The number of aromatic nitrogens is 1. The van der Waals surface area contributed by atoms with Crippen LogP contribution in [0.3, 0.4) is 0 Å². The molecule has 4 rings (SSSR count). The number of esters is 1. The second kappa shape index (κ2) is 7.62. The minimum Gasteiger partial charge on any atom is -0.463 e. The summed E-state index contributed by atoms with van der Waals surface area (Å²) in [7, 11) is 0. The van der Waals surface area contributed by atoms with Crippen LogP contribution in [0.15, 0.2) is 46.0 Å². The van der Waals surface area contributed by atoms with E-state index in [2.05, 4.69) is 4.98 Å². The maximum absolute atomic E-state index is 13.6. The van der Waals surface area contributed by atoms with Crippen LogP contribution >= 0.6 is 22.9 Å². The molecule has 2 aromatic rings. The Hall–Kier alpha value is -2.29. The van der Waals surface area contributed by atoms with Gasteiger partial charge in [0.15, 0.2) is 10.8 Å². The van der Waals surface area contributed by atoms with Gasteiger partial charge in [-0.25, -0.2) is 14.2 Å². The van der Waals surface area contributed by atoms with Crippen molar-refractivity contribution in [2.75, 3.05) is 13.2 Å². The van der Waals surface area contributed by atoms with E-state index in [1.165, 1.54) is 23.5 Å². The van der Waals surface area contributed by atoms with Gasteiger partial charge in [0, 0.05) is 46.9 Å². The monoisotopic (exact) mass is 420 g/mol. The zero-order valence-electron chi connectivity index (χ0n) is 15.1. The van der Waals surface area contributed by atoms with Crippen molar-refractivity contribution in [1.82, 2.24) is 9.88 Å². The lowest BCUT2D eigenvalue weighted by molar-refractivity contribution is -0.139. The van der Waals surface area contributed by atoms with Crippen LogP contribution in [0, 0.1) is 5.82 Å². The van der Waals surface area contributed by atoms with E-state index in [0.717, 1.165) is 10.7 Å². The molecule has 1 saturated heterocycles. The third kappa shape index (κ3) is 3.32. The zero-order chi connectivity index (χ0) is 19.8. The highest BCUT2D eigenvalue weighted by Gasteiger charge is 2.41. The van der Waals surface area contributed by atoms with Gasteiger partial charge in [-0.05, 0) is 19.1 Å². The number of fused-ring (bicyclic) bond motifs is 1. The number of hydrogen-bond donors (Lipinski definition) is 1. The molecule has 0 unspecified atom stereocenters. The predicted molar refractivity (Wildman–Crippen MR) is 106 cm³/mol. The minimum absolute atomic E-state index is 0.146. The Bertz CT molecular complexity index is 976. The highest BCUT2D eigenvalue weighted by atomic mass is 35.5. The lowest BCUT2D eigenvalue weighted by Crippen LogP contribution is -2.36. The van der Waals surface area contributed by atoms with Crippen LogP contribution < -0.4 is 5.73 Å². The van der Waals surface area contributed by atoms with Gasteiger partial charge >= 0.3 is 5.97 Å². The molecule has 2 aliphatic rings. The summed E-state index contributed by atoms with van der Waals surface area (Å²) in [5, 5.41) is 2.78. The van der Waals surface area contributed by atoms with E-state index in [9.17, 15) is 9.18 Å². The first-order chi connectivity index (χ1) is 13.5. The molecule has 9 heteroatoms. The van der Waals surface area contributed by atoms with Crippen molar-refractivity contribution in [2.24, 2.45) is 10.7 Å². The van der Waals surface area contributed by atoms with E-state index in [1.807, 2.05) is 10.3 Å². The summed E-state index contributed by atoms with van der Waals surface area (Å²) < 4.78 is 18.9. The summed E-state index contributed by atoms with van der Waals surface area (Å²) in [4.78, 5) is 24.0. The average Bonchev–Trinajstić information content (AvgIpc) is 3.29. The van der Waals surface area contributed by atoms with Crippen molar-refractivity contribution in [2.45, 2.75) is 25.4 Å². The molecule has 2 aliphatic heterocycles. The number of nitrogens with zero attached hydrogens (tertiary/aromatic N) is 3. The zero-order valence-corrected chi connectivity index (χ0v) is 16.6. The second-order valence-corrected chi connectivity index (χ2v) is 7.82. The van der Waals surface area contributed by atoms with E-state index in [1.54, 1.807) is 19.2 Å². The van der Waals surface area contributed by atoms with E-state index >= 15 is 0 Å². The molecule has 0 bridgehead atoms. The molecule has 0 aliphatic carbocycles. The first-order valence-corrected chi connectivity index (χ1v) is 10.1. The van der Waals surface area contributed by atoms with Crippen LogP contribution in [0.5, 0.6) is 0 Å². The van der Waals surface area contributed by atoms with Crippen molar-refractivity contribution in [3.63, 3.8) is 0 Å². The van der Waals surface area contributed by atoms with E-state index in [0.29, 0.717) is 29.9 Å². The summed E-state index contributed by atoms with van der Waals surface area (Å²) in [5.41, 5.74) is 7.89. The normalized spacial score (nSPS) is 21.6. The molecule has 6 nitrogen and oxygen atoms in total. The quantitative estimate of drug-likeness (QED) is 0.767. The third-order valence-electron chi connectivity index (χ3n) is 4.67. The van der Waals surface area contributed by atoms with Crippen LogP contribution in [0.2, 0.25) is 5.02 Å². The van der Waals surface area contributed by atoms with Gasteiger partial charge in [-0.1, -0.05) is 17.7 Å². The second-order valence-electron chi connectivity index (χ2n) is 6.51. The maximum Gasteiger partial charge on any atom is 0.338 e. The van der Waals surface area contributed by atoms with E-state index in [4.69, 9.17) is 27.1 Å². The van der Waals surface area contributed by atoms with Gasteiger partial charge in [-0.3, -0.25) is 4.99 Å². The average molecular weight is 421 g/mol. The first-order valence-electron chi connectivity index (χ1n) is 8.85. The molecule has 3 heterocycles. The first kappa shape index (κ1) is 19.0. The Kier molecular flexibility index (Phi) is 5.18. The number of halogens is 2. The van der Waals surface area contributed by atoms with Crippen molar-refractivity contribution < 1.29 is 13.9 Å². The fourth-order valence-corrected chi connectivity index (χ4v) is 4.45. The summed E-state index contributed by atoms with van der Waals surface area (Å²) in [6.45, 7) is 2.50. The van der Waals surface area contributed by atoms with Crippen molar-refractivity contribution in [1.29, 1.82) is 0 Å². The molecule has 2 atom stereocenters. The Balaban J connectivity index is 1.91. The summed E-state index contributed by atoms with van der Waals surface area (Å²) in [5.74, 6) is -0.288. The standard InChI is InChI=1S/C19H18ClFN4O2S/c1-2-27-19(26)15-14-8-11(22)9-25(14)17(18-23-5-6-28-18)24-16(15)12-4-3-10(21)7-13(12)20/h3-7,11,16H,2,8-9,22H2,1H3/t11-,16-/m0/s1. The van der Waals surface area contributed by atoms with Crippen molar-refractivity contribution in [3.05, 3.63) is 62.5 Å². The molecule has 0 spiro atoms. The Morgan fingerprint density at radius 3 is 3.00 bits per heavy atom. The number of carbonyl (C=O) groups excluding carboxylic acids is 1. The van der Waals surface area contributed by atoms with Gasteiger partial charge in [-0.2, -0.15) is 0 Å². The number of hydrogen-bond acceptors (Lipinski definition) is 7. The maximum atomic E-state index is 13.6. The molecule has 1 aromatic heterocycles. The molecule has 28 heavy (non-hydrogen) atoms. The molecular formula is C19H18ClFN4O2S. The SMILES string of the molecule is CCOC(=O)C1=C2C[C@H](N)CN2C(c2nccs2)=N[C@H]1c1ccc(F)cc1Cl. The Morgan fingerprint density at radius 1 is 1.50 bits per heavy atom. The van der Waals surface area contributed by atoms with Gasteiger partial charge in [0.25, 0.3) is 0 Å². The van der Waals surface area contributed by atoms with Crippen LogP contribution in [0.25, 0.3) is 0 Å². The van der Waals surface area contributed by atoms with E-state index in [-0.39, 0.29) is 17.7 Å². The van der Waals surface area contributed by atoms with Crippen LogP contribution in [-0.4, -0.2) is 40.9 Å². The summed E-state index contributed by atoms with van der Waals surface area (Å²) in [6.07, 6.45) is 2.20. The minimum atomic E-state index is -0.720. The largest absolute Gasteiger partial charge is 0.463 e. The smallest absolute Gasteiger partial charge is 0.338 e. The number of nitrogens with two attached hydrogens (primary N) is 1. The number of benzene rings is 1. The molecule has 146 valence electrons. The lowest BCUT2D eigenvalue weighted by atomic mass is 9.94. The molecule has 2 N–H and O–H groups in total. The molecular weight excluding hydrogens is 403 g/mol. The topological polar surface area (TPSA) is 80.8 Å². The number of rotatable bonds is 4. The summed E-state index contributed by atoms with van der Waals surface area (Å²) in [6, 6.07) is 3.21.